The second kappa shape index (κ2) is 6.37. The van der Waals surface area contributed by atoms with Crippen molar-refractivity contribution in [2.45, 2.75) is 52.0 Å². The van der Waals surface area contributed by atoms with Crippen LogP contribution in [0.4, 0.5) is 0 Å². The molecule has 5 nitrogen and oxygen atoms in total. The third-order valence-corrected chi connectivity index (χ3v) is 2.90. The zero-order chi connectivity index (χ0) is 12.8. The number of carbonyl (C=O) groups is 3. The molecule has 0 N–H and O–H groups in total. The molecule has 1 unspecified atom stereocenters. The fourth-order valence-electron chi connectivity index (χ4n) is 1.94. The van der Waals surface area contributed by atoms with Crippen LogP contribution < -0.4 is 0 Å². The fourth-order valence-corrected chi connectivity index (χ4v) is 1.94. The molecule has 0 aliphatic carbocycles. The normalized spacial score (nSPS) is 19.5. The number of hydrogen-bond donors (Lipinski definition) is 0. The molecule has 1 heterocycles. The molecule has 0 saturated carbocycles. The van der Waals surface area contributed by atoms with E-state index in [1.165, 1.54) is 4.90 Å². The van der Waals surface area contributed by atoms with Crippen molar-refractivity contribution in [2.75, 3.05) is 6.61 Å². The van der Waals surface area contributed by atoms with Crippen LogP contribution in [0, 0.1) is 0 Å². The Morgan fingerprint density at radius 1 is 1.35 bits per heavy atom. The van der Waals surface area contributed by atoms with Gasteiger partial charge in [0, 0.05) is 31.7 Å². The van der Waals surface area contributed by atoms with E-state index < -0.39 is 0 Å². The van der Waals surface area contributed by atoms with Gasteiger partial charge in [0.15, 0.2) is 0 Å². The van der Waals surface area contributed by atoms with Gasteiger partial charge >= 0.3 is 5.97 Å². The molecule has 1 atom stereocenters. The Morgan fingerprint density at radius 3 is 2.65 bits per heavy atom. The van der Waals surface area contributed by atoms with Crippen molar-refractivity contribution < 1.29 is 19.1 Å². The lowest BCUT2D eigenvalue weighted by Gasteiger charge is -2.22. The molecule has 96 valence electrons. The molecule has 2 amide bonds. The van der Waals surface area contributed by atoms with E-state index >= 15 is 0 Å². The monoisotopic (exact) mass is 241 g/mol. The first-order chi connectivity index (χ1) is 8.10. The van der Waals surface area contributed by atoms with Gasteiger partial charge in [-0.1, -0.05) is 13.8 Å². The maximum Gasteiger partial charge on any atom is 0.305 e. The minimum Gasteiger partial charge on any atom is -0.466 e. The van der Waals surface area contributed by atoms with Crippen LogP contribution in [0.25, 0.3) is 0 Å². The summed E-state index contributed by atoms with van der Waals surface area (Å²) in [5, 5.41) is 0. The number of ether oxygens (including phenoxy) is 1. The predicted octanol–water partition coefficient (Wildman–Crippen LogP) is 1.26. The molecule has 1 saturated heterocycles. The molecule has 0 radical (unpaired) electrons. The van der Waals surface area contributed by atoms with Crippen LogP contribution in [0.1, 0.15) is 46.0 Å². The Morgan fingerprint density at radius 2 is 2.06 bits per heavy atom. The van der Waals surface area contributed by atoms with Gasteiger partial charge in [-0.3, -0.25) is 19.3 Å². The van der Waals surface area contributed by atoms with E-state index in [0.29, 0.717) is 32.1 Å². The minimum absolute atomic E-state index is 0.0976. The Kier molecular flexibility index (Phi) is 5.12. The van der Waals surface area contributed by atoms with Crippen molar-refractivity contribution in [1.29, 1.82) is 0 Å². The number of amides is 2. The second-order valence-corrected chi connectivity index (χ2v) is 4.07. The summed E-state index contributed by atoms with van der Waals surface area (Å²) in [6.07, 6.45) is 2.31. The maximum absolute atomic E-state index is 11.6. The molecular formula is C12H19NO4. The molecule has 1 fully saturated rings. The highest BCUT2D eigenvalue weighted by Gasteiger charge is 2.34. The molecule has 0 aromatic rings. The first-order valence-electron chi connectivity index (χ1n) is 6.10. The van der Waals surface area contributed by atoms with E-state index in [9.17, 15) is 14.4 Å². The highest BCUT2D eigenvalue weighted by atomic mass is 16.5. The van der Waals surface area contributed by atoms with Gasteiger partial charge in [-0.15, -0.1) is 0 Å². The standard InChI is InChI=1S/C12H19NO4/c1-3-10(14)13-9(5-6-11(13)15)7-8-17-12(16)4-2/h9H,3-8H2,1-2H3. The molecule has 17 heavy (non-hydrogen) atoms. The van der Waals surface area contributed by atoms with Crippen LogP contribution >= 0.6 is 0 Å². The molecule has 0 aromatic heterocycles. The lowest BCUT2D eigenvalue weighted by molar-refractivity contribution is -0.145. The topological polar surface area (TPSA) is 63.7 Å². The van der Waals surface area contributed by atoms with Gasteiger partial charge in [-0.25, -0.2) is 0 Å². The van der Waals surface area contributed by atoms with E-state index in [2.05, 4.69) is 0 Å². The summed E-state index contributed by atoms with van der Waals surface area (Å²) in [6.45, 7) is 3.74. The summed E-state index contributed by atoms with van der Waals surface area (Å²) in [5.41, 5.74) is 0. The second-order valence-electron chi connectivity index (χ2n) is 4.07. The Labute approximate surface area is 101 Å². The number of likely N-dealkylation sites (tertiary alicyclic amines) is 1. The SMILES string of the molecule is CCC(=O)OCCC1CCC(=O)N1C(=O)CC. The highest BCUT2D eigenvalue weighted by Crippen LogP contribution is 2.22. The van der Waals surface area contributed by atoms with Crippen molar-refractivity contribution >= 4 is 17.8 Å². The zero-order valence-corrected chi connectivity index (χ0v) is 10.4. The summed E-state index contributed by atoms with van der Waals surface area (Å²) in [7, 11) is 0. The molecule has 0 aromatic carbocycles. The minimum atomic E-state index is -0.248. The van der Waals surface area contributed by atoms with Crippen molar-refractivity contribution in [3.63, 3.8) is 0 Å². The zero-order valence-electron chi connectivity index (χ0n) is 10.4. The van der Waals surface area contributed by atoms with Gasteiger partial charge < -0.3 is 4.74 Å². The Bertz CT molecular complexity index is 314. The van der Waals surface area contributed by atoms with Crippen molar-refractivity contribution in [3.05, 3.63) is 0 Å². The summed E-state index contributed by atoms with van der Waals surface area (Å²) in [6, 6.07) is -0.0976. The summed E-state index contributed by atoms with van der Waals surface area (Å²) < 4.78 is 4.96. The maximum atomic E-state index is 11.6. The van der Waals surface area contributed by atoms with Gasteiger partial charge in [0.2, 0.25) is 11.8 Å². The Hall–Kier alpha value is -1.39. The number of rotatable bonds is 5. The third-order valence-electron chi connectivity index (χ3n) is 2.90. The molecule has 1 aliphatic heterocycles. The highest BCUT2D eigenvalue weighted by molar-refractivity contribution is 5.97. The van der Waals surface area contributed by atoms with Crippen LogP contribution in [0.3, 0.4) is 0 Å². The number of esters is 1. The van der Waals surface area contributed by atoms with E-state index in [0.717, 1.165) is 0 Å². The average molecular weight is 241 g/mol. The van der Waals surface area contributed by atoms with Crippen LogP contribution in [-0.4, -0.2) is 35.3 Å². The molecule has 0 bridgehead atoms. The lowest BCUT2D eigenvalue weighted by atomic mass is 10.1. The number of hydrogen-bond acceptors (Lipinski definition) is 4. The summed E-state index contributed by atoms with van der Waals surface area (Å²) in [5.74, 6) is -0.495. The molecule has 1 rings (SSSR count). The first-order valence-corrected chi connectivity index (χ1v) is 6.10. The van der Waals surface area contributed by atoms with Gasteiger partial charge in [-0.2, -0.15) is 0 Å². The van der Waals surface area contributed by atoms with E-state index in [1.54, 1.807) is 13.8 Å². The summed E-state index contributed by atoms with van der Waals surface area (Å²) >= 11 is 0. The molecule has 5 heteroatoms. The number of nitrogens with zero attached hydrogens (tertiary/aromatic N) is 1. The van der Waals surface area contributed by atoms with Gasteiger partial charge in [0.25, 0.3) is 0 Å². The van der Waals surface area contributed by atoms with Crippen molar-refractivity contribution in [3.8, 4) is 0 Å². The quantitative estimate of drug-likeness (QED) is 0.680. The predicted molar refractivity (Wildman–Crippen MR) is 61.0 cm³/mol. The smallest absolute Gasteiger partial charge is 0.305 e. The van der Waals surface area contributed by atoms with E-state index in [1.807, 2.05) is 0 Å². The fraction of sp³-hybridized carbons (Fsp3) is 0.750. The van der Waals surface area contributed by atoms with Crippen LogP contribution in [0.15, 0.2) is 0 Å². The first kappa shape index (κ1) is 13.7. The summed E-state index contributed by atoms with van der Waals surface area (Å²) in [4.78, 5) is 35.4. The van der Waals surface area contributed by atoms with Crippen LogP contribution in [0.2, 0.25) is 0 Å². The third kappa shape index (κ3) is 3.54. The van der Waals surface area contributed by atoms with Gasteiger partial charge in [0.05, 0.1) is 6.61 Å². The lowest BCUT2D eigenvalue weighted by Crippen LogP contribution is -2.38. The van der Waals surface area contributed by atoms with E-state index in [4.69, 9.17) is 4.74 Å². The van der Waals surface area contributed by atoms with Gasteiger partial charge in [0.1, 0.15) is 0 Å². The van der Waals surface area contributed by atoms with Crippen molar-refractivity contribution in [1.82, 2.24) is 4.90 Å². The van der Waals surface area contributed by atoms with Gasteiger partial charge in [-0.05, 0) is 6.42 Å². The largest absolute Gasteiger partial charge is 0.466 e. The average Bonchev–Trinajstić information content (AvgIpc) is 2.69. The van der Waals surface area contributed by atoms with Crippen molar-refractivity contribution in [2.24, 2.45) is 0 Å². The van der Waals surface area contributed by atoms with E-state index in [-0.39, 0.29) is 30.4 Å². The van der Waals surface area contributed by atoms with Crippen LogP contribution in [-0.2, 0) is 19.1 Å². The Balaban J connectivity index is 2.44. The molecular weight excluding hydrogens is 222 g/mol. The van der Waals surface area contributed by atoms with Crippen LogP contribution in [0.5, 0.6) is 0 Å². The molecule has 0 spiro atoms. The molecule has 1 aliphatic rings. The number of carbonyl (C=O) groups excluding carboxylic acids is 3. The number of imide groups is 1.